The van der Waals surface area contributed by atoms with Crippen molar-refractivity contribution in [3.05, 3.63) is 23.6 Å². The first kappa shape index (κ1) is 15.8. The zero-order chi connectivity index (χ0) is 12.5. The van der Waals surface area contributed by atoms with E-state index in [1.165, 1.54) is 13.0 Å². The van der Waals surface area contributed by atoms with Crippen LogP contribution >= 0.6 is 0 Å². The summed E-state index contributed by atoms with van der Waals surface area (Å²) in [6.07, 6.45) is 2.36. The number of carbonyl (C=O) groups is 2. The molecule has 0 rings (SSSR count). The predicted molar refractivity (Wildman–Crippen MR) is 50.8 cm³/mol. The molecule has 0 aliphatic rings. The molecular weight excluding hydrogens is 228 g/mol. The lowest BCUT2D eigenvalue weighted by molar-refractivity contribution is -0.134. The third kappa shape index (κ3) is 24.5. The molecule has 0 bridgehead atoms. The molecule has 0 heterocycles. The van der Waals surface area contributed by atoms with Gasteiger partial charge in [-0.1, -0.05) is 6.08 Å². The minimum Gasteiger partial charge on any atom is -0.478 e. The molecule has 0 fully saturated rings. The van der Waals surface area contributed by atoms with Crippen LogP contribution in [0.15, 0.2) is 23.6 Å². The van der Waals surface area contributed by atoms with E-state index < -0.39 is 22.1 Å². The van der Waals surface area contributed by atoms with E-state index in [9.17, 15) is 18.0 Å². The second kappa shape index (κ2) is 7.71. The smallest absolute Gasteiger partial charge is 0.328 e. The Morgan fingerprint density at radius 1 is 1.07 bits per heavy atom. The molecule has 0 amide bonds. The summed E-state index contributed by atoms with van der Waals surface area (Å²) in [6, 6.07) is 0. The summed E-state index contributed by atoms with van der Waals surface area (Å²) in [4.78, 5) is 19.1. The molecule has 0 radical (unpaired) electrons. The summed E-state index contributed by atoms with van der Waals surface area (Å²) < 4.78 is 27.3. The number of aliphatic carboxylic acids is 2. The van der Waals surface area contributed by atoms with Crippen LogP contribution in [-0.4, -0.2) is 35.1 Å². The molecule has 3 N–H and O–H groups in total. The number of carboxylic acid groups (broad SMARTS) is 2. The fourth-order valence-corrected chi connectivity index (χ4v) is 0.658. The van der Waals surface area contributed by atoms with Crippen LogP contribution in [0, 0.1) is 0 Å². The van der Waals surface area contributed by atoms with Crippen molar-refractivity contribution in [1.29, 1.82) is 0 Å². The molecule has 8 heteroatoms. The van der Waals surface area contributed by atoms with E-state index in [0.717, 1.165) is 0 Å². The average Bonchev–Trinajstić information content (AvgIpc) is 1.99. The molecule has 0 saturated heterocycles. The van der Waals surface area contributed by atoms with Crippen molar-refractivity contribution in [2.75, 3.05) is 0 Å². The Kier molecular flexibility index (Phi) is 8.11. The van der Waals surface area contributed by atoms with Gasteiger partial charge in [-0.25, -0.2) is 9.59 Å². The summed E-state index contributed by atoms with van der Waals surface area (Å²) in [5.74, 6) is -2.51. The lowest BCUT2D eigenvalue weighted by atomic mass is 10.5. The molecule has 86 valence electrons. The maximum atomic E-state index is 9.70. The lowest BCUT2D eigenvalue weighted by Crippen LogP contribution is -1.91. The van der Waals surface area contributed by atoms with Crippen molar-refractivity contribution in [3.63, 3.8) is 0 Å². The first-order valence-corrected chi connectivity index (χ1v) is 4.93. The molecule has 0 aliphatic carbocycles. The fraction of sp³-hybridized carbons (Fsp3) is 0.143. The van der Waals surface area contributed by atoms with Crippen molar-refractivity contribution in [3.8, 4) is 0 Å². The van der Waals surface area contributed by atoms with Gasteiger partial charge in [0.05, 0.1) is 5.41 Å². The maximum absolute atomic E-state index is 9.70. The van der Waals surface area contributed by atoms with Crippen molar-refractivity contribution >= 4 is 22.1 Å². The number of rotatable bonds is 3. The second-order valence-electron chi connectivity index (χ2n) is 1.99. The molecule has 0 aromatic carbocycles. The number of carboxylic acids is 2. The molecular formula is C7H10O7S. The molecule has 0 unspecified atom stereocenters. The van der Waals surface area contributed by atoms with Gasteiger partial charge in [0.1, 0.15) is 0 Å². The van der Waals surface area contributed by atoms with Crippen LogP contribution in [0.5, 0.6) is 0 Å². The molecule has 0 spiro atoms. The summed E-state index contributed by atoms with van der Waals surface area (Å²) in [5.41, 5.74) is 0. The third-order valence-corrected chi connectivity index (χ3v) is 1.29. The van der Waals surface area contributed by atoms with Crippen LogP contribution in [0.3, 0.4) is 0 Å². The van der Waals surface area contributed by atoms with E-state index in [1.807, 2.05) is 0 Å². The molecule has 7 nitrogen and oxygen atoms in total. The Hall–Kier alpha value is -1.67. The Morgan fingerprint density at radius 2 is 1.40 bits per heavy atom. The molecule has 15 heavy (non-hydrogen) atoms. The van der Waals surface area contributed by atoms with Gasteiger partial charge in [-0.05, 0) is 6.92 Å². The van der Waals surface area contributed by atoms with Crippen LogP contribution < -0.4 is 0 Å². The van der Waals surface area contributed by atoms with Gasteiger partial charge in [-0.2, -0.15) is 8.42 Å². The zero-order valence-electron chi connectivity index (χ0n) is 7.69. The summed E-state index contributed by atoms with van der Waals surface area (Å²) in [6.45, 7) is 1.51. The monoisotopic (exact) mass is 238 g/mol. The van der Waals surface area contributed by atoms with Gasteiger partial charge in [-0.3, -0.25) is 4.55 Å². The van der Waals surface area contributed by atoms with Crippen LogP contribution in [0.2, 0.25) is 0 Å². The Balaban J connectivity index is 0. The number of allylic oxidation sites excluding steroid dienone is 1. The summed E-state index contributed by atoms with van der Waals surface area (Å²) in [5, 5.41) is 16.3. The van der Waals surface area contributed by atoms with Crippen LogP contribution in [-0.2, 0) is 19.7 Å². The molecule has 0 saturated carbocycles. The largest absolute Gasteiger partial charge is 0.478 e. The van der Waals surface area contributed by atoms with E-state index in [-0.39, 0.29) is 0 Å². The van der Waals surface area contributed by atoms with E-state index in [2.05, 4.69) is 0 Å². The number of hydrogen-bond acceptors (Lipinski definition) is 4. The normalized spacial score (nSPS) is 11.1. The topological polar surface area (TPSA) is 129 Å². The summed E-state index contributed by atoms with van der Waals surface area (Å²) in [7, 11) is -3.85. The highest BCUT2D eigenvalue weighted by molar-refractivity contribution is 7.88. The molecule has 0 aliphatic heterocycles. The highest BCUT2D eigenvalue weighted by atomic mass is 32.2. The standard InChI is InChI=1S/C4H4O4.C3H6O3S/c5-3(6)1-2-4(7)8;1-2-3-7(4,5)6/h1-2H,(H,5,6)(H,7,8);2-3H,1H3,(H,4,5,6)/b2-1+;. The van der Waals surface area contributed by atoms with Gasteiger partial charge in [0.2, 0.25) is 0 Å². The fourth-order valence-electron chi connectivity index (χ4n) is 0.315. The van der Waals surface area contributed by atoms with Crippen LogP contribution in [0.25, 0.3) is 0 Å². The Morgan fingerprint density at radius 3 is 1.47 bits per heavy atom. The Bertz CT molecular complexity index is 347. The highest BCUT2D eigenvalue weighted by Crippen LogP contribution is 1.80. The third-order valence-electron chi connectivity index (χ3n) is 0.677. The Labute approximate surface area is 86.1 Å². The SMILES string of the molecule is CC=CS(=O)(=O)O.O=C(O)/C=C/C(=O)O. The van der Waals surface area contributed by atoms with E-state index in [0.29, 0.717) is 17.6 Å². The molecule has 0 atom stereocenters. The molecule has 0 aromatic rings. The first-order valence-electron chi connectivity index (χ1n) is 3.43. The van der Waals surface area contributed by atoms with E-state index >= 15 is 0 Å². The lowest BCUT2D eigenvalue weighted by Gasteiger charge is -1.76. The zero-order valence-corrected chi connectivity index (χ0v) is 8.51. The van der Waals surface area contributed by atoms with E-state index in [1.54, 1.807) is 0 Å². The van der Waals surface area contributed by atoms with Crippen molar-refractivity contribution in [2.45, 2.75) is 6.92 Å². The van der Waals surface area contributed by atoms with Crippen molar-refractivity contribution in [2.24, 2.45) is 0 Å². The summed E-state index contributed by atoms with van der Waals surface area (Å²) >= 11 is 0. The first-order chi connectivity index (χ1) is 6.69. The van der Waals surface area contributed by atoms with Gasteiger partial charge < -0.3 is 10.2 Å². The molecule has 0 aromatic heterocycles. The average molecular weight is 238 g/mol. The minimum absolute atomic E-state index is 0.558. The van der Waals surface area contributed by atoms with Crippen LogP contribution in [0.1, 0.15) is 6.92 Å². The van der Waals surface area contributed by atoms with Gasteiger partial charge in [0.15, 0.2) is 0 Å². The number of hydrogen-bond donors (Lipinski definition) is 3. The van der Waals surface area contributed by atoms with Gasteiger partial charge in [0, 0.05) is 12.2 Å². The van der Waals surface area contributed by atoms with Gasteiger partial charge in [-0.15, -0.1) is 0 Å². The second-order valence-corrected chi connectivity index (χ2v) is 3.30. The van der Waals surface area contributed by atoms with Gasteiger partial charge in [0.25, 0.3) is 10.1 Å². The predicted octanol–water partition coefficient (Wildman–Crippen LogP) is 0.120. The highest BCUT2D eigenvalue weighted by Gasteiger charge is 1.90. The quantitative estimate of drug-likeness (QED) is 0.470. The van der Waals surface area contributed by atoms with Crippen molar-refractivity contribution in [1.82, 2.24) is 0 Å². The van der Waals surface area contributed by atoms with E-state index in [4.69, 9.17) is 14.8 Å². The van der Waals surface area contributed by atoms with Crippen LogP contribution in [0.4, 0.5) is 0 Å². The van der Waals surface area contributed by atoms with Gasteiger partial charge >= 0.3 is 11.9 Å². The maximum Gasteiger partial charge on any atom is 0.328 e. The minimum atomic E-state index is -3.85. The van der Waals surface area contributed by atoms with Crippen molar-refractivity contribution < 1.29 is 32.8 Å².